The third-order valence-corrected chi connectivity index (χ3v) is 22.6. The van der Waals surface area contributed by atoms with Gasteiger partial charge in [-0.25, -0.2) is 46.6 Å². The Hall–Kier alpha value is -13.8. The number of aliphatic hydroxyl groups is 8. The maximum Gasteiger partial charge on any atom is 0.411 e. The van der Waals surface area contributed by atoms with E-state index in [-0.39, 0.29) is 59.2 Å². The molecule has 14 atom stereocenters. The zero-order valence-electron chi connectivity index (χ0n) is 82.1. The first-order valence-electron chi connectivity index (χ1n) is 47.0. The Kier molecular flexibility index (Phi) is 43.2. The van der Waals surface area contributed by atoms with Crippen LogP contribution in [-0.2, 0) is 102 Å². The molecule has 10 amide bonds. The summed E-state index contributed by atoms with van der Waals surface area (Å²) in [5, 5.41) is 99.4. The SMILES string of the molecule is CC(C)(C)OC(=O)N1CC=C[C@H]1C(=O)NOCc1ccccc1.CC(C)(C)OC(=O)N1CC=C[C@H]1C(=O)O.CC(C)(C)OC(=O)N1C[C@H](O)[C@H](O)[C@H]1C(=O)NOCc1ccccc1.CCCc1ccc(-c2ccc(C(=O)N3C[C@H](O)[C@H](O)[C@H]3C(=O)NO)cc2)cc1.CCCc1ccc(-c2ccc(C(=O)N3C[C@H](O)[C@H](O)[C@H]3C(=O)NOCc3ccccc3)cc2)cc1.O=C(NOCc1ccccc1)[C@H]1NC[C@H](O)[C@@H]1O. The van der Waals surface area contributed by atoms with Gasteiger partial charge in [-0.3, -0.25) is 72.8 Å². The molecule has 0 aromatic heterocycles. The first-order chi connectivity index (χ1) is 68.5. The first kappa shape index (κ1) is 114. The number of β-amino-alcohol motifs (C(OH)–C–C–N with tert-alkyl or cyclic N) is 4. The number of carbonyl (C=O) groups is 11. The molecule has 16 N–H and O–H groups in total. The summed E-state index contributed by atoms with van der Waals surface area (Å²) in [7, 11) is 0. The molecule has 39 nitrogen and oxygen atoms in total. The highest BCUT2D eigenvalue weighted by atomic mass is 16.7. The van der Waals surface area contributed by atoms with E-state index in [2.05, 4.69) is 77.5 Å². The third-order valence-electron chi connectivity index (χ3n) is 22.6. The van der Waals surface area contributed by atoms with E-state index >= 15 is 0 Å². The highest BCUT2D eigenvalue weighted by Gasteiger charge is 2.51. The van der Waals surface area contributed by atoms with Gasteiger partial charge in [0.1, 0.15) is 89.7 Å². The molecule has 0 radical (unpaired) electrons. The molecule has 144 heavy (non-hydrogen) atoms. The van der Waals surface area contributed by atoms with Crippen molar-refractivity contribution in [2.45, 2.75) is 230 Å². The molecule has 39 heteroatoms. The second kappa shape index (κ2) is 54.6. The minimum Gasteiger partial charge on any atom is -0.479 e. The number of hydrogen-bond acceptors (Lipinski definition) is 28. The van der Waals surface area contributed by atoms with E-state index in [0.29, 0.717) is 17.7 Å². The lowest BCUT2D eigenvalue weighted by Crippen LogP contribution is -2.51. The van der Waals surface area contributed by atoms with E-state index in [1.165, 1.54) is 37.4 Å². The van der Waals surface area contributed by atoms with Crippen LogP contribution in [0.3, 0.4) is 0 Å². The van der Waals surface area contributed by atoms with E-state index in [9.17, 15) is 93.6 Å². The number of ether oxygens (including phenoxy) is 3. The van der Waals surface area contributed by atoms with Crippen LogP contribution in [0.15, 0.2) is 243 Å². The van der Waals surface area contributed by atoms with Gasteiger partial charge in [0.05, 0.1) is 52.2 Å². The summed E-state index contributed by atoms with van der Waals surface area (Å²) in [6, 6.07) is 61.5. The second-order valence-electron chi connectivity index (χ2n) is 37.3. The van der Waals surface area contributed by atoms with Gasteiger partial charge in [-0.15, -0.1) is 0 Å². The number of benzene rings is 8. The molecular formula is C105H131N11O28. The van der Waals surface area contributed by atoms with Gasteiger partial charge in [0.25, 0.3) is 41.4 Å². The number of hydroxylamine groups is 5. The predicted molar refractivity (Wildman–Crippen MR) is 525 cm³/mol. The molecule has 6 heterocycles. The van der Waals surface area contributed by atoms with Crippen molar-refractivity contribution < 1.29 is 137 Å². The van der Waals surface area contributed by atoms with Crippen molar-refractivity contribution >= 4 is 65.6 Å². The molecule has 0 bridgehead atoms. The Morgan fingerprint density at radius 3 is 0.944 bits per heavy atom. The summed E-state index contributed by atoms with van der Waals surface area (Å²) in [5.74, 6) is -5.26. The lowest BCUT2D eigenvalue weighted by atomic mass is 10.0. The van der Waals surface area contributed by atoms with Crippen LogP contribution in [0.2, 0.25) is 0 Å². The summed E-state index contributed by atoms with van der Waals surface area (Å²) < 4.78 is 15.6. The second-order valence-corrected chi connectivity index (χ2v) is 37.3. The van der Waals surface area contributed by atoms with Gasteiger partial charge in [0.15, 0.2) is 6.04 Å². The van der Waals surface area contributed by atoms with Gasteiger partial charge in [-0.1, -0.05) is 245 Å². The lowest BCUT2D eigenvalue weighted by molar-refractivity contribution is -0.142. The van der Waals surface area contributed by atoms with E-state index in [1.54, 1.807) is 105 Å². The number of hydrogen-bond donors (Lipinski definition) is 16. The topological polar surface area (TPSA) is 543 Å². The van der Waals surface area contributed by atoms with Crippen molar-refractivity contribution in [3.05, 3.63) is 287 Å². The first-order valence-corrected chi connectivity index (χ1v) is 47.0. The number of likely N-dealkylation sites (tertiary alicyclic amines) is 3. The number of carbonyl (C=O) groups excluding carboxylic acids is 10. The summed E-state index contributed by atoms with van der Waals surface area (Å²) in [4.78, 5) is 160. The molecule has 0 unspecified atom stereocenters. The van der Waals surface area contributed by atoms with Crippen LogP contribution < -0.4 is 32.7 Å². The van der Waals surface area contributed by atoms with Crippen molar-refractivity contribution in [2.75, 3.05) is 39.3 Å². The zero-order valence-corrected chi connectivity index (χ0v) is 82.1. The number of aryl methyl sites for hydroxylation is 2. The van der Waals surface area contributed by atoms with E-state index in [0.717, 1.165) is 80.0 Å². The molecule has 0 spiro atoms. The van der Waals surface area contributed by atoms with Crippen molar-refractivity contribution in [1.29, 1.82) is 0 Å². The molecule has 8 aromatic carbocycles. The van der Waals surface area contributed by atoms with Gasteiger partial charge in [-0.2, -0.15) is 0 Å². The number of rotatable bonds is 26. The van der Waals surface area contributed by atoms with E-state index in [1.807, 2.05) is 158 Å². The Morgan fingerprint density at radius 2 is 0.632 bits per heavy atom. The molecule has 4 saturated heterocycles. The summed E-state index contributed by atoms with van der Waals surface area (Å²) in [6.45, 7) is 20.9. The number of amides is 10. The molecule has 8 aromatic rings. The number of nitrogens with one attached hydrogen (secondary N) is 6. The Morgan fingerprint density at radius 1 is 0.340 bits per heavy atom. The number of aliphatic hydroxyl groups excluding tert-OH is 8. The van der Waals surface area contributed by atoms with Crippen molar-refractivity contribution in [2.24, 2.45) is 0 Å². The number of aliphatic carboxylic acids is 1. The van der Waals surface area contributed by atoms with Crippen LogP contribution in [0.5, 0.6) is 0 Å². The maximum atomic E-state index is 13.2. The van der Waals surface area contributed by atoms with Gasteiger partial charge in [-0.05, 0) is 155 Å². The molecule has 0 aliphatic carbocycles. The Bertz CT molecular complexity index is 5540. The molecule has 14 rings (SSSR count). The van der Waals surface area contributed by atoms with Gasteiger partial charge in [0, 0.05) is 30.8 Å². The van der Waals surface area contributed by atoms with Gasteiger partial charge >= 0.3 is 24.2 Å². The summed E-state index contributed by atoms with van der Waals surface area (Å²) >= 11 is 0. The van der Waals surface area contributed by atoms with E-state index in [4.69, 9.17) is 43.9 Å². The van der Waals surface area contributed by atoms with Crippen LogP contribution in [-0.4, -0.2) is 282 Å². The Balaban J connectivity index is 0.000000196. The molecule has 0 saturated carbocycles. The smallest absolute Gasteiger partial charge is 0.411 e. The van der Waals surface area contributed by atoms with Crippen LogP contribution in [0.25, 0.3) is 22.3 Å². The third kappa shape index (κ3) is 34.2. The number of carboxylic acid groups (broad SMARTS) is 1. The van der Waals surface area contributed by atoms with Crippen molar-refractivity contribution in [1.82, 2.24) is 57.2 Å². The van der Waals surface area contributed by atoms with Crippen molar-refractivity contribution in [3.63, 3.8) is 0 Å². The predicted octanol–water partition coefficient (Wildman–Crippen LogP) is 7.62. The fourth-order valence-electron chi connectivity index (χ4n) is 15.4. The average Bonchev–Trinajstić information content (AvgIpc) is 1.69. The fraction of sp³-hybridized carbons (Fsp3) is 0.400. The van der Waals surface area contributed by atoms with E-state index < -0.39 is 167 Å². The van der Waals surface area contributed by atoms with Crippen LogP contribution >= 0.6 is 0 Å². The highest BCUT2D eigenvalue weighted by molar-refractivity contribution is 6.00. The Labute approximate surface area is 835 Å². The van der Waals surface area contributed by atoms with Gasteiger partial charge < -0.3 is 75.3 Å². The highest BCUT2D eigenvalue weighted by Crippen LogP contribution is 2.30. The largest absolute Gasteiger partial charge is 0.479 e. The normalized spacial score (nSPS) is 21.3. The number of carboxylic acids is 1. The molecule has 4 fully saturated rings. The van der Waals surface area contributed by atoms with Crippen molar-refractivity contribution in [3.8, 4) is 22.3 Å². The average molecular weight is 2000 g/mol. The lowest BCUT2D eigenvalue weighted by Gasteiger charge is -2.28. The summed E-state index contributed by atoms with van der Waals surface area (Å²) in [5.41, 5.74) is 19.4. The van der Waals surface area contributed by atoms with Gasteiger partial charge in [0.2, 0.25) is 0 Å². The molecular weight excluding hydrogens is 1860 g/mol. The fourth-order valence-corrected chi connectivity index (χ4v) is 15.4. The number of nitrogens with zero attached hydrogens (tertiary/aromatic N) is 5. The minimum absolute atomic E-state index is 0.129. The standard InChI is InChI=1S/C28H30N2O5.C21H24N2O5.C17H24N2O6.C17H22N2O4.C12H16N2O4.C10H15NO4/c1-2-6-19-9-11-21(12-10-19)22-13-15-23(16-14-22)28(34)30-17-24(31)26(32)25(30)27(33)29-35-18-20-7-4-3-5-8-20;1-2-3-13-4-6-14(7-5-13)15-8-10-16(11-9-15)21(27)23-12-17(24)19(25)18(23)20(26)22-28;1-17(2,3)25-16(23)19-9-12(20)14(21)13(19)15(22)18-24-10-11-7-5-4-6-8-11;1-17(2,3)23-16(21)19-11-7-10-14(19)15(20)18-22-12-13-8-5-4-6-9-13;15-9-6-13-10(11(9)16)12(17)14-18-7-8-4-2-1-3-5-8;1-10(2,3)15-9(14)11-6-4-5-7(11)8(12)13/h3-5,7-16,24-26,31-32H,2,6,17-18H2,1H3,(H,29,33);4-11,17-19,24-25,28H,2-3,12H2,1H3,(H,22,26);4-8,12-14,20-21H,9-10H2,1-3H3,(H,18,22);4-10,14H,11-12H2,1-3H3,(H,18,20);1-5,9-11,13,15-16H,6-7H2,(H,14,17);4-5,7H,6H2,1-3H3,(H,12,13)/t24-,25-,26-;17-,18-,19-;12-,13-,14-;14-;9-,10-,11-;7-/m000000/s1. The molecule has 774 valence electrons. The maximum absolute atomic E-state index is 13.2. The van der Waals surface area contributed by atoms with Crippen LogP contribution in [0, 0.1) is 0 Å². The molecule has 6 aliphatic heterocycles. The van der Waals surface area contributed by atoms with Crippen LogP contribution in [0.1, 0.15) is 143 Å². The molecule has 6 aliphatic rings. The summed E-state index contributed by atoms with van der Waals surface area (Å²) in [6.07, 6.45) is -1.18. The minimum atomic E-state index is -1.46. The monoisotopic (exact) mass is 1990 g/mol. The van der Waals surface area contributed by atoms with Crippen LogP contribution in [0.4, 0.5) is 14.4 Å². The quantitative estimate of drug-likeness (QED) is 0.0107. The zero-order chi connectivity index (χ0) is 105.